The summed E-state index contributed by atoms with van der Waals surface area (Å²) in [6, 6.07) is 3.34. The second-order valence-electron chi connectivity index (χ2n) is 5.83. The van der Waals surface area contributed by atoms with E-state index in [2.05, 4.69) is 14.6 Å². The van der Waals surface area contributed by atoms with Gasteiger partial charge in [-0.05, 0) is 38.7 Å². The van der Waals surface area contributed by atoms with Crippen LogP contribution in [0.15, 0.2) is 12.1 Å². The molecular weight excluding hydrogens is 320 g/mol. The second kappa shape index (κ2) is 7.22. The highest BCUT2D eigenvalue weighted by molar-refractivity contribution is 7.88. The van der Waals surface area contributed by atoms with E-state index < -0.39 is 14.9 Å². The smallest absolute Gasteiger partial charge is 0.290 e. The quantitative estimate of drug-likeness (QED) is 0.622. The van der Waals surface area contributed by atoms with Gasteiger partial charge in [-0.2, -0.15) is 0 Å². The van der Waals surface area contributed by atoms with Crippen LogP contribution in [0.4, 0.5) is 11.5 Å². The van der Waals surface area contributed by atoms with Crippen LogP contribution in [0.1, 0.15) is 31.4 Å². The van der Waals surface area contributed by atoms with Crippen molar-refractivity contribution in [3.05, 3.63) is 27.9 Å². The van der Waals surface area contributed by atoms with E-state index in [0.29, 0.717) is 18.7 Å². The summed E-state index contributed by atoms with van der Waals surface area (Å²) in [4.78, 5) is 17.0. The number of sulfonamides is 1. The molecule has 1 aliphatic heterocycles. The molecule has 0 unspecified atom stereocenters. The number of pyridine rings is 1. The first-order valence-corrected chi connectivity index (χ1v) is 9.50. The lowest BCUT2D eigenvalue weighted by Gasteiger charge is -2.37. The first kappa shape index (κ1) is 17.6. The number of aromatic nitrogens is 1. The van der Waals surface area contributed by atoms with Crippen molar-refractivity contribution in [1.82, 2.24) is 9.71 Å². The van der Waals surface area contributed by atoms with Crippen LogP contribution in [-0.4, -0.2) is 43.7 Å². The van der Waals surface area contributed by atoms with Gasteiger partial charge in [-0.3, -0.25) is 10.1 Å². The molecule has 2 rings (SSSR count). The van der Waals surface area contributed by atoms with Crippen molar-refractivity contribution in [2.45, 2.75) is 38.6 Å². The van der Waals surface area contributed by atoms with Gasteiger partial charge in [-0.15, -0.1) is 0 Å². The SMILES string of the molecule is Cc1nc(N2CCCC[C@@H]2CCNS(C)(=O)=O)ccc1[N+](=O)[O-]. The van der Waals surface area contributed by atoms with Gasteiger partial charge in [0.25, 0.3) is 5.69 Å². The van der Waals surface area contributed by atoms with Gasteiger partial charge in [0, 0.05) is 25.2 Å². The maximum absolute atomic E-state index is 11.2. The van der Waals surface area contributed by atoms with E-state index in [0.717, 1.165) is 37.9 Å². The van der Waals surface area contributed by atoms with E-state index in [1.54, 1.807) is 13.0 Å². The average Bonchev–Trinajstić information content (AvgIpc) is 2.46. The highest BCUT2D eigenvalue weighted by atomic mass is 32.2. The minimum atomic E-state index is -3.19. The minimum Gasteiger partial charge on any atom is -0.354 e. The molecule has 0 bridgehead atoms. The Bertz CT molecular complexity index is 677. The van der Waals surface area contributed by atoms with Crippen LogP contribution in [0.2, 0.25) is 0 Å². The van der Waals surface area contributed by atoms with Gasteiger partial charge in [0.15, 0.2) is 0 Å². The van der Waals surface area contributed by atoms with Gasteiger partial charge in [-0.25, -0.2) is 18.1 Å². The van der Waals surface area contributed by atoms with Crippen molar-refractivity contribution in [1.29, 1.82) is 0 Å². The number of hydrogen-bond acceptors (Lipinski definition) is 6. The van der Waals surface area contributed by atoms with E-state index >= 15 is 0 Å². The van der Waals surface area contributed by atoms with Gasteiger partial charge in [0.1, 0.15) is 11.5 Å². The fourth-order valence-electron chi connectivity index (χ4n) is 2.91. The number of piperidine rings is 1. The molecular formula is C14H22N4O4S. The van der Waals surface area contributed by atoms with Crippen LogP contribution in [0.25, 0.3) is 0 Å². The van der Waals surface area contributed by atoms with Crippen molar-refractivity contribution in [3.63, 3.8) is 0 Å². The van der Waals surface area contributed by atoms with Crippen LogP contribution in [0.5, 0.6) is 0 Å². The van der Waals surface area contributed by atoms with Crippen molar-refractivity contribution < 1.29 is 13.3 Å². The zero-order valence-corrected chi connectivity index (χ0v) is 14.2. The number of nitrogens with one attached hydrogen (secondary N) is 1. The maximum atomic E-state index is 11.2. The predicted molar refractivity (Wildman–Crippen MR) is 88.1 cm³/mol. The summed E-state index contributed by atoms with van der Waals surface area (Å²) >= 11 is 0. The molecule has 0 aliphatic carbocycles. The molecule has 0 amide bonds. The molecule has 1 atom stereocenters. The fraction of sp³-hybridized carbons (Fsp3) is 0.643. The van der Waals surface area contributed by atoms with Gasteiger partial charge < -0.3 is 4.90 Å². The second-order valence-corrected chi connectivity index (χ2v) is 7.66. The summed E-state index contributed by atoms with van der Waals surface area (Å²) in [6.45, 7) is 2.84. The predicted octanol–water partition coefficient (Wildman–Crippen LogP) is 1.60. The number of aryl methyl sites for hydroxylation is 1. The fourth-order valence-corrected chi connectivity index (χ4v) is 3.40. The third-order valence-electron chi connectivity index (χ3n) is 4.00. The molecule has 8 nitrogen and oxygen atoms in total. The van der Waals surface area contributed by atoms with Crippen LogP contribution in [-0.2, 0) is 10.0 Å². The molecule has 0 saturated carbocycles. The summed E-state index contributed by atoms with van der Waals surface area (Å²) in [5.41, 5.74) is 0.409. The highest BCUT2D eigenvalue weighted by Gasteiger charge is 2.25. The van der Waals surface area contributed by atoms with Crippen molar-refractivity contribution in [2.75, 3.05) is 24.2 Å². The molecule has 1 aromatic heterocycles. The molecule has 128 valence electrons. The number of hydrogen-bond donors (Lipinski definition) is 1. The molecule has 1 fully saturated rings. The van der Waals surface area contributed by atoms with E-state index in [1.165, 1.54) is 6.07 Å². The summed E-state index contributed by atoms with van der Waals surface area (Å²) in [5.74, 6) is 0.720. The Hall–Kier alpha value is -1.74. The van der Waals surface area contributed by atoms with Gasteiger partial charge in [-0.1, -0.05) is 0 Å². The molecule has 0 radical (unpaired) electrons. The first-order valence-electron chi connectivity index (χ1n) is 7.61. The Balaban J connectivity index is 2.11. The number of anilines is 1. The van der Waals surface area contributed by atoms with Crippen molar-refractivity contribution in [2.24, 2.45) is 0 Å². The van der Waals surface area contributed by atoms with E-state index in [-0.39, 0.29) is 11.7 Å². The van der Waals surface area contributed by atoms with Gasteiger partial charge in [0.05, 0.1) is 11.2 Å². The summed E-state index contributed by atoms with van der Waals surface area (Å²) in [5, 5.41) is 10.9. The normalized spacial score (nSPS) is 18.9. The van der Waals surface area contributed by atoms with E-state index in [1.807, 2.05) is 0 Å². The molecule has 2 heterocycles. The third-order valence-corrected chi connectivity index (χ3v) is 4.73. The molecule has 0 spiro atoms. The topological polar surface area (TPSA) is 105 Å². The van der Waals surface area contributed by atoms with Crippen LogP contribution in [0, 0.1) is 17.0 Å². The average molecular weight is 342 g/mol. The van der Waals surface area contributed by atoms with Crippen LogP contribution < -0.4 is 9.62 Å². The van der Waals surface area contributed by atoms with Crippen LogP contribution >= 0.6 is 0 Å². The standard InChI is InChI=1S/C14H22N4O4S/c1-11-13(18(19)20)6-7-14(16-11)17-10-4-3-5-12(17)8-9-15-23(2,21)22/h6-7,12,15H,3-5,8-10H2,1-2H3/t12-/m1/s1. The molecule has 1 aromatic rings. The van der Waals surface area contributed by atoms with Crippen LogP contribution in [0.3, 0.4) is 0 Å². The highest BCUT2D eigenvalue weighted by Crippen LogP contribution is 2.27. The maximum Gasteiger partial charge on any atom is 0.290 e. The van der Waals surface area contributed by atoms with E-state index in [9.17, 15) is 18.5 Å². The van der Waals surface area contributed by atoms with Crippen molar-refractivity contribution >= 4 is 21.5 Å². The van der Waals surface area contributed by atoms with Crippen molar-refractivity contribution in [3.8, 4) is 0 Å². The molecule has 9 heteroatoms. The number of nitro groups is 1. The van der Waals surface area contributed by atoms with Gasteiger partial charge in [0.2, 0.25) is 10.0 Å². The lowest BCUT2D eigenvalue weighted by molar-refractivity contribution is -0.385. The van der Waals surface area contributed by atoms with E-state index in [4.69, 9.17) is 0 Å². The van der Waals surface area contributed by atoms with Gasteiger partial charge >= 0.3 is 0 Å². The molecule has 0 aromatic carbocycles. The Labute approximate surface area is 136 Å². The lowest BCUT2D eigenvalue weighted by Crippen LogP contribution is -2.42. The third kappa shape index (κ3) is 4.87. The molecule has 1 aliphatic rings. The summed E-state index contributed by atoms with van der Waals surface area (Å²) in [7, 11) is -3.19. The Morgan fingerprint density at radius 1 is 1.43 bits per heavy atom. The first-order chi connectivity index (χ1) is 10.8. The largest absolute Gasteiger partial charge is 0.354 e. The minimum absolute atomic E-state index is 0.0149. The zero-order valence-electron chi connectivity index (χ0n) is 13.4. The summed E-state index contributed by atoms with van der Waals surface area (Å²) in [6.07, 6.45) is 4.92. The molecule has 23 heavy (non-hydrogen) atoms. The zero-order chi connectivity index (χ0) is 17.0. The lowest BCUT2D eigenvalue weighted by atomic mass is 9.99. The Kier molecular flexibility index (Phi) is 5.53. The molecule has 1 saturated heterocycles. The Morgan fingerprint density at radius 2 is 2.17 bits per heavy atom. The monoisotopic (exact) mass is 342 g/mol. The molecule has 1 N–H and O–H groups in total. The summed E-state index contributed by atoms with van der Waals surface area (Å²) < 4.78 is 24.9. The number of nitrogens with zero attached hydrogens (tertiary/aromatic N) is 3. The Morgan fingerprint density at radius 3 is 2.78 bits per heavy atom. The number of rotatable bonds is 6.